The Bertz CT molecular complexity index is 521. The van der Waals surface area contributed by atoms with E-state index in [4.69, 9.17) is 5.11 Å². The molecule has 0 spiro atoms. The minimum atomic E-state index is -0.901. The molecule has 1 aromatic carbocycles. The van der Waals surface area contributed by atoms with E-state index in [9.17, 15) is 18.4 Å². The Hall–Kier alpha value is -1.98. The van der Waals surface area contributed by atoms with Gasteiger partial charge < -0.3 is 10.0 Å². The summed E-state index contributed by atoms with van der Waals surface area (Å²) in [4.78, 5) is 24.1. The third kappa shape index (κ3) is 2.79. The van der Waals surface area contributed by atoms with Gasteiger partial charge >= 0.3 is 5.97 Å². The second-order valence-corrected chi connectivity index (χ2v) is 5.06. The fraction of sp³-hybridized carbons (Fsp3) is 0.429. The van der Waals surface area contributed by atoms with E-state index in [1.54, 1.807) is 6.92 Å². The van der Waals surface area contributed by atoms with Gasteiger partial charge in [0.2, 0.25) is 5.91 Å². The van der Waals surface area contributed by atoms with Gasteiger partial charge in [-0.25, -0.2) is 8.78 Å². The molecule has 0 aromatic heterocycles. The van der Waals surface area contributed by atoms with Gasteiger partial charge in [-0.05, 0) is 12.1 Å². The van der Waals surface area contributed by atoms with Crippen molar-refractivity contribution in [1.82, 2.24) is 4.90 Å². The van der Waals surface area contributed by atoms with Crippen LogP contribution >= 0.6 is 0 Å². The molecule has 1 atom stereocenters. The van der Waals surface area contributed by atoms with Crippen LogP contribution in [0.5, 0.6) is 0 Å². The number of rotatable bonds is 4. The standard InChI is InChI=1S/C14H15F2NO3/c1-8(14(19)20)9-6-17(7-9)13(18)5-10-11(15)3-2-4-12(10)16/h2-4,8-9H,5-7H2,1H3,(H,19,20). The van der Waals surface area contributed by atoms with Crippen LogP contribution in [0.1, 0.15) is 12.5 Å². The Kier molecular flexibility index (Phi) is 4.01. The average molecular weight is 283 g/mol. The quantitative estimate of drug-likeness (QED) is 0.914. The second kappa shape index (κ2) is 5.56. The molecular formula is C14H15F2NO3. The smallest absolute Gasteiger partial charge is 0.306 e. The van der Waals surface area contributed by atoms with Gasteiger partial charge in [-0.15, -0.1) is 0 Å². The van der Waals surface area contributed by atoms with Crippen molar-refractivity contribution in [3.63, 3.8) is 0 Å². The van der Waals surface area contributed by atoms with E-state index in [1.807, 2.05) is 0 Å². The molecule has 1 aliphatic heterocycles. The average Bonchev–Trinajstić information content (AvgIpc) is 2.32. The number of carboxylic acids is 1. The Balaban J connectivity index is 1.94. The third-order valence-corrected chi connectivity index (χ3v) is 3.75. The molecule has 1 fully saturated rings. The van der Waals surface area contributed by atoms with Crippen molar-refractivity contribution in [2.45, 2.75) is 13.3 Å². The summed E-state index contributed by atoms with van der Waals surface area (Å²) in [5.41, 5.74) is -0.243. The molecule has 0 saturated carbocycles. The molecule has 0 radical (unpaired) electrons. The Morgan fingerprint density at radius 1 is 1.35 bits per heavy atom. The van der Waals surface area contributed by atoms with Crippen LogP contribution in [-0.2, 0) is 16.0 Å². The van der Waals surface area contributed by atoms with Gasteiger partial charge in [-0.2, -0.15) is 0 Å². The number of amides is 1. The minimum Gasteiger partial charge on any atom is -0.481 e. The Morgan fingerprint density at radius 3 is 2.40 bits per heavy atom. The van der Waals surface area contributed by atoms with E-state index in [0.29, 0.717) is 13.1 Å². The summed E-state index contributed by atoms with van der Waals surface area (Å²) in [7, 11) is 0. The normalized spacial score (nSPS) is 16.6. The van der Waals surface area contributed by atoms with Crippen LogP contribution in [0, 0.1) is 23.5 Å². The first-order chi connectivity index (χ1) is 9.40. The SMILES string of the molecule is CC(C(=O)O)C1CN(C(=O)Cc2c(F)cccc2F)C1. The summed E-state index contributed by atoms with van der Waals surface area (Å²) >= 11 is 0. The highest BCUT2D eigenvalue weighted by Crippen LogP contribution is 2.25. The molecule has 1 saturated heterocycles. The van der Waals surface area contributed by atoms with E-state index in [1.165, 1.54) is 11.0 Å². The van der Waals surface area contributed by atoms with E-state index >= 15 is 0 Å². The van der Waals surface area contributed by atoms with Crippen LogP contribution in [0.25, 0.3) is 0 Å². The number of likely N-dealkylation sites (tertiary alicyclic amines) is 1. The molecule has 0 bridgehead atoms. The maximum Gasteiger partial charge on any atom is 0.306 e. The Morgan fingerprint density at radius 2 is 1.90 bits per heavy atom. The zero-order valence-electron chi connectivity index (χ0n) is 11.0. The predicted molar refractivity (Wildman–Crippen MR) is 66.9 cm³/mol. The summed E-state index contributed by atoms with van der Waals surface area (Å²) in [6, 6.07) is 3.46. The van der Waals surface area contributed by atoms with E-state index in [-0.39, 0.29) is 23.8 Å². The zero-order chi connectivity index (χ0) is 14.9. The Labute approximate surface area is 115 Å². The minimum absolute atomic E-state index is 0.0954. The summed E-state index contributed by atoms with van der Waals surface area (Å²) in [5, 5.41) is 8.85. The molecule has 0 aliphatic carbocycles. The van der Waals surface area contributed by atoms with E-state index in [2.05, 4.69) is 0 Å². The molecule has 6 heteroatoms. The third-order valence-electron chi connectivity index (χ3n) is 3.75. The fourth-order valence-corrected chi connectivity index (χ4v) is 2.20. The summed E-state index contributed by atoms with van der Waals surface area (Å²) in [6.45, 7) is 2.23. The van der Waals surface area contributed by atoms with E-state index in [0.717, 1.165) is 12.1 Å². The summed E-state index contributed by atoms with van der Waals surface area (Å²) in [5.74, 6) is -3.39. The number of hydrogen-bond acceptors (Lipinski definition) is 2. The van der Waals surface area contributed by atoms with Crippen molar-refractivity contribution in [1.29, 1.82) is 0 Å². The van der Waals surface area contributed by atoms with Crippen molar-refractivity contribution in [2.75, 3.05) is 13.1 Å². The van der Waals surface area contributed by atoms with Crippen LogP contribution in [0.3, 0.4) is 0 Å². The lowest BCUT2D eigenvalue weighted by Gasteiger charge is -2.41. The number of halogens is 2. The van der Waals surface area contributed by atoms with E-state index < -0.39 is 23.5 Å². The highest BCUT2D eigenvalue weighted by molar-refractivity contribution is 5.80. The number of nitrogens with zero attached hydrogens (tertiary/aromatic N) is 1. The number of carbonyl (C=O) groups is 2. The first-order valence-electron chi connectivity index (χ1n) is 6.33. The molecule has 1 amide bonds. The van der Waals surface area contributed by atoms with Gasteiger partial charge in [0.25, 0.3) is 0 Å². The van der Waals surface area contributed by atoms with Gasteiger partial charge in [-0.1, -0.05) is 13.0 Å². The molecular weight excluding hydrogens is 268 g/mol. The topological polar surface area (TPSA) is 57.6 Å². The number of benzene rings is 1. The number of hydrogen-bond donors (Lipinski definition) is 1. The van der Waals surface area contributed by atoms with Crippen LogP contribution in [0.15, 0.2) is 18.2 Å². The monoisotopic (exact) mass is 283 g/mol. The van der Waals surface area contributed by atoms with Crippen LogP contribution in [0.2, 0.25) is 0 Å². The lowest BCUT2D eigenvalue weighted by atomic mass is 9.86. The molecule has 2 rings (SSSR count). The van der Waals surface area contributed by atoms with Crippen molar-refractivity contribution in [3.05, 3.63) is 35.4 Å². The number of aliphatic carboxylic acids is 1. The highest BCUT2D eigenvalue weighted by atomic mass is 19.1. The van der Waals surface area contributed by atoms with Gasteiger partial charge in [0.1, 0.15) is 11.6 Å². The van der Waals surface area contributed by atoms with Crippen molar-refractivity contribution in [3.8, 4) is 0 Å². The van der Waals surface area contributed by atoms with Crippen LogP contribution in [0.4, 0.5) is 8.78 Å². The summed E-state index contributed by atoms with van der Waals surface area (Å²) < 4.78 is 26.8. The predicted octanol–water partition coefficient (Wildman–Crippen LogP) is 1.69. The first kappa shape index (κ1) is 14.4. The fourth-order valence-electron chi connectivity index (χ4n) is 2.20. The molecule has 1 heterocycles. The maximum absolute atomic E-state index is 13.4. The van der Waals surface area contributed by atoms with Crippen LogP contribution in [-0.4, -0.2) is 35.0 Å². The molecule has 1 aromatic rings. The molecule has 20 heavy (non-hydrogen) atoms. The number of carboxylic acid groups (broad SMARTS) is 1. The molecule has 1 aliphatic rings. The lowest BCUT2D eigenvalue weighted by molar-refractivity contribution is -0.150. The highest BCUT2D eigenvalue weighted by Gasteiger charge is 2.37. The van der Waals surface area contributed by atoms with Gasteiger partial charge in [-0.3, -0.25) is 9.59 Å². The van der Waals surface area contributed by atoms with Crippen molar-refractivity contribution < 1.29 is 23.5 Å². The second-order valence-electron chi connectivity index (χ2n) is 5.06. The molecule has 108 valence electrons. The first-order valence-corrected chi connectivity index (χ1v) is 6.33. The van der Waals surface area contributed by atoms with Gasteiger partial charge in [0.05, 0.1) is 12.3 Å². The molecule has 1 unspecified atom stereocenters. The van der Waals surface area contributed by atoms with Crippen molar-refractivity contribution >= 4 is 11.9 Å². The number of carbonyl (C=O) groups excluding carboxylic acids is 1. The summed E-state index contributed by atoms with van der Waals surface area (Å²) in [6.07, 6.45) is -0.341. The molecule has 1 N–H and O–H groups in total. The van der Waals surface area contributed by atoms with Crippen LogP contribution < -0.4 is 0 Å². The van der Waals surface area contributed by atoms with Gasteiger partial charge in [0.15, 0.2) is 0 Å². The lowest BCUT2D eigenvalue weighted by Crippen LogP contribution is -2.54. The maximum atomic E-state index is 13.4. The zero-order valence-corrected chi connectivity index (χ0v) is 11.0. The van der Waals surface area contributed by atoms with Gasteiger partial charge in [0, 0.05) is 24.6 Å². The van der Waals surface area contributed by atoms with Crippen molar-refractivity contribution in [2.24, 2.45) is 11.8 Å². The molecule has 4 nitrogen and oxygen atoms in total. The largest absolute Gasteiger partial charge is 0.481 e.